The maximum Gasteiger partial charge on any atom is 0.336 e. The van der Waals surface area contributed by atoms with Crippen LogP contribution in [-0.2, 0) is 42.5 Å². The van der Waals surface area contributed by atoms with Crippen LogP contribution in [0.2, 0.25) is 0 Å². The van der Waals surface area contributed by atoms with Crippen LogP contribution in [0, 0.1) is 5.92 Å². The molecule has 1 saturated heterocycles. The Morgan fingerprint density at radius 3 is 2.14 bits per heavy atom. The number of hydrogen-bond acceptors (Lipinski definition) is 8. The van der Waals surface area contributed by atoms with Gasteiger partial charge in [0.1, 0.15) is 5.75 Å². The van der Waals surface area contributed by atoms with Crippen molar-refractivity contribution >= 4 is 23.8 Å². The summed E-state index contributed by atoms with van der Waals surface area (Å²) in [5, 5.41) is 43.6. The molecular weight excluding hydrogens is 548 g/mol. The average Bonchev–Trinajstić information content (AvgIpc) is 3.26. The number of carboxylic acid groups (broad SMARTS) is 3. The lowest BCUT2D eigenvalue weighted by atomic mass is 9.83. The maximum absolute atomic E-state index is 12.8. The lowest BCUT2D eigenvalue weighted by molar-refractivity contribution is -0.170. The number of nitrogens with zero attached hydrogens (tertiary/aromatic N) is 2. The van der Waals surface area contributed by atoms with Crippen LogP contribution in [-0.4, -0.2) is 98.5 Å². The molecule has 0 bridgehead atoms. The van der Waals surface area contributed by atoms with Crippen molar-refractivity contribution in [3.63, 3.8) is 0 Å². The van der Waals surface area contributed by atoms with E-state index >= 15 is 0 Å². The third-order valence-corrected chi connectivity index (χ3v) is 7.62. The molecule has 2 aromatic carbocycles. The number of benzene rings is 2. The monoisotopic (exact) mass is 586 g/mol. The van der Waals surface area contributed by atoms with E-state index in [4.69, 9.17) is 25.2 Å². The van der Waals surface area contributed by atoms with Crippen molar-refractivity contribution in [1.29, 1.82) is 0 Å². The molecule has 0 radical (unpaired) electrons. The molecule has 4 rings (SSSR count). The summed E-state index contributed by atoms with van der Waals surface area (Å²) < 4.78 is 6.27. The van der Waals surface area contributed by atoms with Gasteiger partial charge in [-0.05, 0) is 48.1 Å². The molecule has 0 aromatic heterocycles. The SMILES string of the molecule is CN(C)C(=O)C(Cc1cccc(O)c1)CN1CCC2(CC1)OCc1ccccc12.O=C(O)CC(O)(CC(=O)O)C(=O)O. The number of ether oxygens (including phenoxy) is 1. The van der Waals surface area contributed by atoms with Crippen molar-refractivity contribution in [2.45, 2.75) is 49.9 Å². The van der Waals surface area contributed by atoms with Crippen LogP contribution in [0.15, 0.2) is 48.5 Å². The Morgan fingerprint density at radius 1 is 0.976 bits per heavy atom. The van der Waals surface area contributed by atoms with Crippen molar-refractivity contribution in [2.75, 3.05) is 33.7 Å². The molecule has 1 amide bonds. The zero-order valence-electron chi connectivity index (χ0n) is 23.7. The number of rotatable bonds is 10. The number of hydrogen-bond donors (Lipinski definition) is 5. The van der Waals surface area contributed by atoms with Gasteiger partial charge in [0.25, 0.3) is 0 Å². The molecule has 1 unspecified atom stereocenters. The van der Waals surface area contributed by atoms with E-state index in [2.05, 4.69) is 29.2 Å². The Labute approximate surface area is 243 Å². The number of piperidine rings is 1. The van der Waals surface area contributed by atoms with Crippen molar-refractivity contribution in [3.8, 4) is 5.75 Å². The lowest BCUT2D eigenvalue weighted by Gasteiger charge is -2.40. The largest absolute Gasteiger partial charge is 0.508 e. The van der Waals surface area contributed by atoms with E-state index in [0.717, 1.165) is 38.0 Å². The number of carboxylic acids is 3. The fraction of sp³-hybridized carbons (Fsp3) is 0.467. The van der Waals surface area contributed by atoms with Gasteiger partial charge in [-0.2, -0.15) is 0 Å². The minimum absolute atomic E-state index is 0.127. The van der Waals surface area contributed by atoms with Crippen molar-refractivity contribution in [3.05, 3.63) is 65.2 Å². The van der Waals surface area contributed by atoms with Crippen LogP contribution in [0.1, 0.15) is 42.4 Å². The smallest absolute Gasteiger partial charge is 0.336 e. The summed E-state index contributed by atoms with van der Waals surface area (Å²) in [6, 6.07) is 15.8. The molecule has 42 heavy (non-hydrogen) atoms. The second kappa shape index (κ2) is 13.8. The summed E-state index contributed by atoms with van der Waals surface area (Å²) in [4.78, 5) is 47.4. The number of fused-ring (bicyclic) bond motifs is 2. The number of phenolic OH excluding ortho intramolecular Hbond substituents is 1. The first-order chi connectivity index (χ1) is 19.7. The highest BCUT2D eigenvalue weighted by atomic mass is 16.5. The minimum atomic E-state index is -2.74. The first kappa shape index (κ1) is 32.5. The minimum Gasteiger partial charge on any atom is -0.508 e. The molecule has 228 valence electrons. The van der Waals surface area contributed by atoms with Crippen LogP contribution >= 0.6 is 0 Å². The van der Waals surface area contributed by atoms with Crippen LogP contribution in [0.25, 0.3) is 0 Å². The summed E-state index contributed by atoms with van der Waals surface area (Å²) in [6.45, 7) is 3.27. The number of aliphatic carboxylic acids is 3. The lowest BCUT2D eigenvalue weighted by Crippen LogP contribution is -2.46. The van der Waals surface area contributed by atoms with Gasteiger partial charge in [-0.15, -0.1) is 0 Å². The highest BCUT2D eigenvalue weighted by Crippen LogP contribution is 2.44. The number of phenols is 1. The molecule has 12 nitrogen and oxygen atoms in total. The predicted octanol–water partition coefficient (Wildman–Crippen LogP) is 1.91. The predicted molar refractivity (Wildman–Crippen MR) is 150 cm³/mol. The van der Waals surface area contributed by atoms with E-state index in [9.17, 15) is 24.3 Å². The van der Waals surface area contributed by atoms with Gasteiger partial charge in [-0.1, -0.05) is 36.4 Å². The number of likely N-dealkylation sites (tertiary alicyclic amines) is 1. The summed E-state index contributed by atoms with van der Waals surface area (Å²) in [6.07, 6.45) is 0.258. The zero-order valence-corrected chi connectivity index (χ0v) is 23.7. The molecule has 1 fully saturated rings. The number of aliphatic hydroxyl groups is 1. The van der Waals surface area contributed by atoms with E-state index in [1.54, 1.807) is 17.0 Å². The molecule has 2 aromatic rings. The summed E-state index contributed by atoms with van der Waals surface area (Å²) in [7, 11) is 3.62. The third kappa shape index (κ3) is 8.28. The van der Waals surface area contributed by atoms with Crippen LogP contribution in [0.5, 0.6) is 5.75 Å². The third-order valence-electron chi connectivity index (χ3n) is 7.62. The maximum atomic E-state index is 12.8. The van der Waals surface area contributed by atoms with E-state index in [1.807, 2.05) is 26.2 Å². The van der Waals surface area contributed by atoms with Gasteiger partial charge in [0, 0.05) is 33.7 Å². The second-order valence-electron chi connectivity index (χ2n) is 11.0. The molecule has 2 heterocycles. The van der Waals surface area contributed by atoms with Gasteiger partial charge in [0.2, 0.25) is 5.91 Å². The number of carbonyl (C=O) groups excluding carboxylic acids is 1. The first-order valence-electron chi connectivity index (χ1n) is 13.6. The molecule has 0 aliphatic carbocycles. The fourth-order valence-electron chi connectivity index (χ4n) is 5.48. The van der Waals surface area contributed by atoms with E-state index in [0.29, 0.717) is 13.0 Å². The van der Waals surface area contributed by atoms with Crippen LogP contribution < -0.4 is 0 Å². The number of aromatic hydroxyl groups is 1. The zero-order chi connectivity index (χ0) is 31.1. The first-order valence-corrected chi connectivity index (χ1v) is 13.6. The molecule has 2 aliphatic rings. The molecule has 12 heteroatoms. The highest BCUT2D eigenvalue weighted by Gasteiger charge is 2.43. The Balaban J connectivity index is 0.000000316. The topological polar surface area (TPSA) is 185 Å². The van der Waals surface area contributed by atoms with Gasteiger partial charge in [0.05, 0.1) is 31.0 Å². The Kier molecular flexibility index (Phi) is 10.7. The van der Waals surface area contributed by atoms with Gasteiger partial charge in [-0.3, -0.25) is 14.4 Å². The standard InChI is InChI=1S/C24H30N2O3.C6H8O7/c1-25(2)23(28)20(14-18-6-5-8-21(27)15-18)16-26-12-10-24(11-13-26)22-9-4-3-7-19(22)17-29-24;7-3(8)1-6(13,5(11)12)2-4(9)10/h3-9,15,20,27H,10-14,16-17H2,1-2H3;13H,1-2H2,(H,7,8)(H,9,10)(H,11,12). The number of carbonyl (C=O) groups is 4. The molecule has 1 atom stereocenters. The van der Waals surface area contributed by atoms with Gasteiger partial charge in [0.15, 0.2) is 5.60 Å². The normalized spacial score (nSPS) is 16.5. The molecule has 5 N–H and O–H groups in total. The van der Waals surface area contributed by atoms with Crippen LogP contribution in [0.4, 0.5) is 0 Å². The summed E-state index contributed by atoms with van der Waals surface area (Å²) in [5.41, 5.74) is 0.759. The summed E-state index contributed by atoms with van der Waals surface area (Å²) >= 11 is 0. The van der Waals surface area contributed by atoms with E-state index in [-0.39, 0.29) is 23.2 Å². The van der Waals surface area contributed by atoms with Crippen molar-refractivity contribution < 1.29 is 49.4 Å². The van der Waals surface area contributed by atoms with E-state index in [1.165, 1.54) is 11.1 Å². The molecule has 2 aliphatic heterocycles. The van der Waals surface area contributed by atoms with Gasteiger partial charge >= 0.3 is 17.9 Å². The van der Waals surface area contributed by atoms with Crippen LogP contribution in [0.3, 0.4) is 0 Å². The second-order valence-corrected chi connectivity index (χ2v) is 11.0. The highest BCUT2D eigenvalue weighted by molar-refractivity contribution is 5.88. The molecule has 1 spiro atoms. The van der Waals surface area contributed by atoms with Gasteiger partial charge in [-0.25, -0.2) is 4.79 Å². The quantitative estimate of drug-likeness (QED) is 0.274. The molecular formula is C30H38N2O10. The Morgan fingerprint density at radius 2 is 1.60 bits per heavy atom. The summed E-state index contributed by atoms with van der Waals surface area (Å²) in [5.74, 6) is -4.76. The number of amides is 1. The molecule has 0 saturated carbocycles. The average molecular weight is 587 g/mol. The Hall–Kier alpha value is -4.00. The van der Waals surface area contributed by atoms with Gasteiger partial charge < -0.3 is 40.1 Å². The Bertz CT molecular complexity index is 1270. The van der Waals surface area contributed by atoms with Crippen molar-refractivity contribution in [1.82, 2.24) is 9.80 Å². The fourth-order valence-corrected chi connectivity index (χ4v) is 5.48. The van der Waals surface area contributed by atoms with E-state index < -0.39 is 36.4 Å². The van der Waals surface area contributed by atoms with Crippen molar-refractivity contribution in [2.24, 2.45) is 5.92 Å².